The maximum atomic E-state index is 5.54. The van der Waals surface area contributed by atoms with Crippen LogP contribution in [0.4, 0.5) is 0 Å². The molecular weight excluding hydrogens is 356 g/mol. The number of nitrogens with one attached hydrogen (secondary N) is 1. The molecule has 0 bridgehead atoms. The van der Waals surface area contributed by atoms with Crippen LogP contribution in [0.1, 0.15) is 17.2 Å². The molecule has 1 atom stereocenters. The highest BCUT2D eigenvalue weighted by molar-refractivity contribution is 5.40. The van der Waals surface area contributed by atoms with Gasteiger partial charge in [0.2, 0.25) is 0 Å². The van der Waals surface area contributed by atoms with Crippen LogP contribution in [0.5, 0.6) is 17.2 Å². The number of benzene rings is 2. The first-order chi connectivity index (χ1) is 13.7. The fourth-order valence-corrected chi connectivity index (χ4v) is 3.51. The summed E-state index contributed by atoms with van der Waals surface area (Å²) in [5.74, 6) is 2.50. The molecule has 152 valence electrons. The quantitative estimate of drug-likeness (QED) is 0.715. The Bertz CT molecular complexity index is 730. The van der Waals surface area contributed by atoms with E-state index in [1.807, 2.05) is 30.3 Å². The first-order valence-corrected chi connectivity index (χ1v) is 9.62. The second-order valence-corrected chi connectivity index (χ2v) is 6.75. The van der Waals surface area contributed by atoms with E-state index in [0.29, 0.717) is 0 Å². The van der Waals surface area contributed by atoms with Gasteiger partial charge in [0, 0.05) is 43.9 Å². The number of ether oxygens (including phenoxy) is 4. The third-order valence-electron chi connectivity index (χ3n) is 5.13. The zero-order valence-corrected chi connectivity index (χ0v) is 16.9. The molecule has 2 aromatic carbocycles. The SMILES string of the molecule is COc1ccc(C(CNCc2ccc(OC)cc2OC)N2CCOCC2)cc1. The average Bonchev–Trinajstić information content (AvgIpc) is 2.77. The minimum absolute atomic E-state index is 0.277. The van der Waals surface area contributed by atoms with Gasteiger partial charge in [0.1, 0.15) is 17.2 Å². The van der Waals surface area contributed by atoms with Gasteiger partial charge in [-0.15, -0.1) is 0 Å². The van der Waals surface area contributed by atoms with Crippen molar-refractivity contribution in [2.45, 2.75) is 12.6 Å². The van der Waals surface area contributed by atoms with Crippen molar-refractivity contribution in [2.75, 3.05) is 54.2 Å². The average molecular weight is 386 g/mol. The van der Waals surface area contributed by atoms with E-state index in [2.05, 4.69) is 22.3 Å². The predicted octanol–water partition coefficient (Wildman–Crippen LogP) is 2.88. The molecule has 1 aliphatic heterocycles. The van der Waals surface area contributed by atoms with E-state index < -0.39 is 0 Å². The Hall–Kier alpha value is -2.28. The Balaban J connectivity index is 1.69. The van der Waals surface area contributed by atoms with E-state index in [1.54, 1.807) is 21.3 Å². The first kappa shape index (κ1) is 20.5. The van der Waals surface area contributed by atoms with E-state index in [0.717, 1.165) is 62.2 Å². The lowest BCUT2D eigenvalue weighted by atomic mass is 10.0. The van der Waals surface area contributed by atoms with Crippen LogP contribution in [0.25, 0.3) is 0 Å². The molecule has 1 N–H and O–H groups in total. The monoisotopic (exact) mass is 386 g/mol. The molecule has 0 saturated carbocycles. The highest BCUT2D eigenvalue weighted by Crippen LogP contribution is 2.26. The minimum atomic E-state index is 0.277. The Kier molecular flexibility index (Phi) is 7.54. The number of methoxy groups -OCH3 is 3. The fourth-order valence-electron chi connectivity index (χ4n) is 3.51. The molecular formula is C22H30N2O4. The van der Waals surface area contributed by atoms with Gasteiger partial charge in [-0.3, -0.25) is 4.90 Å². The number of nitrogens with zero attached hydrogens (tertiary/aromatic N) is 1. The maximum absolute atomic E-state index is 5.54. The van der Waals surface area contributed by atoms with Gasteiger partial charge in [0.15, 0.2) is 0 Å². The number of hydrogen-bond acceptors (Lipinski definition) is 6. The third-order valence-corrected chi connectivity index (χ3v) is 5.13. The van der Waals surface area contributed by atoms with Gasteiger partial charge in [-0.1, -0.05) is 18.2 Å². The number of rotatable bonds is 9. The summed E-state index contributed by atoms with van der Waals surface area (Å²) in [7, 11) is 5.04. The summed E-state index contributed by atoms with van der Waals surface area (Å²) in [6.07, 6.45) is 0. The standard InChI is InChI=1S/C22H30N2O4/c1-25-19-7-4-17(5-8-19)21(24-10-12-28-13-11-24)16-23-15-18-6-9-20(26-2)14-22(18)27-3/h4-9,14,21,23H,10-13,15-16H2,1-3H3. The lowest BCUT2D eigenvalue weighted by molar-refractivity contribution is 0.0161. The summed E-state index contributed by atoms with van der Waals surface area (Å²) in [5, 5.41) is 3.60. The van der Waals surface area contributed by atoms with Gasteiger partial charge in [0.05, 0.1) is 34.5 Å². The molecule has 0 aromatic heterocycles. The summed E-state index contributed by atoms with van der Waals surface area (Å²) in [6.45, 7) is 4.98. The summed E-state index contributed by atoms with van der Waals surface area (Å²) in [4.78, 5) is 2.48. The summed E-state index contributed by atoms with van der Waals surface area (Å²) in [6, 6.07) is 14.5. The van der Waals surface area contributed by atoms with Crippen molar-refractivity contribution >= 4 is 0 Å². The molecule has 0 radical (unpaired) electrons. The summed E-state index contributed by atoms with van der Waals surface area (Å²) in [5.41, 5.74) is 2.38. The topological polar surface area (TPSA) is 52.2 Å². The van der Waals surface area contributed by atoms with Crippen LogP contribution in [-0.2, 0) is 11.3 Å². The number of hydrogen-bond donors (Lipinski definition) is 1. The van der Waals surface area contributed by atoms with Gasteiger partial charge in [-0.2, -0.15) is 0 Å². The molecule has 1 aliphatic rings. The van der Waals surface area contributed by atoms with Crippen molar-refractivity contribution in [1.82, 2.24) is 10.2 Å². The molecule has 1 fully saturated rings. The fraction of sp³-hybridized carbons (Fsp3) is 0.455. The Morgan fingerprint density at radius 1 is 0.929 bits per heavy atom. The molecule has 2 aromatic rings. The second-order valence-electron chi connectivity index (χ2n) is 6.75. The van der Waals surface area contributed by atoms with Crippen molar-refractivity contribution in [3.8, 4) is 17.2 Å². The van der Waals surface area contributed by atoms with Crippen molar-refractivity contribution in [3.05, 3.63) is 53.6 Å². The number of morpholine rings is 1. The Morgan fingerprint density at radius 2 is 1.61 bits per heavy atom. The van der Waals surface area contributed by atoms with Gasteiger partial charge >= 0.3 is 0 Å². The molecule has 1 saturated heterocycles. The van der Waals surface area contributed by atoms with Crippen LogP contribution in [-0.4, -0.2) is 59.1 Å². The predicted molar refractivity (Wildman–Crippen MR) is 109 cm³/mol. The van der Waals surface area contributed by atoms with Crippen LogP contribution >= 0.6 is 0 Å². The molecule has 6 nitrogen and oxygen atoms in total. The zero-order chi connectivity index (χ0) is 19.8. The molecule has 6 heteroatoms. The summed E-state index contributed by atoms with van der Waals surface area (Å²) < 4.78 is 21.6. The lowest BCUT2D eigenvalue weighted by Gasteiger charge is -2.35. The molecule has 0 spiro atoms. The lowest BCUT2D eigenvalue weighted by Crippen LogP contribution is -2.42. The van der Waals surface area contributed by atoms with Crippen molar-refractivity contribution in [2.24, 2.45) is 0 Å². The normalized spacial score (nSPS) is 15.8. The van der Waals surface area contributed by atoms with Gasteiger partial charge in [0.25, 0.3) is 0 Å². The van der Waals surface area contributed by atoms with Gasteiger partial charge < -0.3 is 24.3 Å². The molecule has 28 heavy (non-hydrogen) atoms. The smallest absolute Gasteiger partial charge is 0.127 e. The van der Waals surface area contributed by atoms with Gasteiger partial charge in [-0.25, -0.2) is 0 Å². The van der Waals surface area contributed by atoms with Crippen LogP contribution in [0.3, 0.4) is 0 Å². The van der Waals surface area contributed by atoms with Crippen molar-refractivity contribution in [3.63, 3.8) is 0 Å². The second kappa shape index (κ2) is 10.3. The molecule has 0 aliphatic carbocycles. The summed E-state index contributed by atoms with van der Waals surface area (Å²) >= 11 is 0. The van der Waals surface area contributed by atoms with Crippen molar-refractivity contribution in [1.29, 1.82) is 0 Å². The Labute approximate surface area is 167 Å². The maximum Gasteiger partial charge on any atom is 0.127 e. The van der Waals surface area contributed by atoms with E-state index >= 15 is 0 Å². The van der Waals surface area contributed by atoms with E-state index in [1.165, 1.54) is 5.56 Å². The highest BCUT2D eigenvalue weighted by Gasteiger charge is 2.22. The zero-order valence-electron chi connectivity index (χ0n) is 16.9. The van der Waals surface area contributed by atoms with E-state index in [4.69, 9.17) is 18.9 Å². The van der Waals surface area contributed by atoms with Gasteiger partial charge in [-0.05, 0) is 23.8 Å². The molecule has 3 rings (SSSR count). The van der Waals surface area contributed by atoms with Crippen LogP contribution in [0.15, 0.2) is 42.5 Å². The third kappa shape index (κ3) is 5.16. The van der Waals surface area contributed by atoms with E-state index in [9.17, 15) is 0 Å². The largest absolute Gasteiger partial charge is 0.497 e. The Morgan fingerprint density at radius 3 is 2.25 bits per heavy atom. The molecule has 0 amide bonds. The molecule has 1 heterocycles. The van der Waals surface area contributed by atoms with Crippen LogP contribution < -0.4 is 19.5 Å². The van der Waals surface area contributed by atoms with Crippen LogP contribution in [0, 0.1) is 0 Å². The highest BCUT2D eigenvalue weighted by atomic mass is 16.5. The molecule has 1 unspecified atom stereocenters. The first-order valence-electron chi connectivity index (χ1n) is 9.62. The van der Waals surface area contributed by atoms with Crippen LogP contribution in [0.2, 0.25) is 0 Å². The minimum Gasteiger partial charge on any atom is -0.497 e. The van der Waals surface area contributed by atoms with Crippen molar-refractivity contribution < 1.29 is 18.9 Å². The van der Waals surface area contributed by atoms with E-state index in [-0.39, 0.29) is 6.04 Å².